The van der Waals surface area contributed by atoms with Gasteiger partial charge in [-0.1, -0.05) is 41.4 Å². The van der Waals surface area contributed by atoms with Gasteiger partial charge in [0.1, 0.15) is 23.2 Å². The minimum Gasteiger partial charge on any atom is -0.457 e. The summed E-state index contributed by atoms with van der Waals surface area (Å²) in [4.78, 5) is 12.4. The van der Waals surface area contributed by atoms with Gasteiger partial charge in [-0.05, 0) is 37.3 Å². The molecule has 0 saturated carbocycles. The maximum atomic E-state index is 12.9. The fourth-order valence-electron chi connectivity index (χ4n) is 2.58. The smallest absolute Gasteiger partial charge is 0.416 e. The van der Waals surface area contributed by atoms with Gasteiger partial charge in [0, 0.05) is 11.6 Å². The number of aryl methyl sites for hydroxylation is 1. The molecule has 152 valence electrons. The van der Waals surface area contributed by atoms with Gasteiger partial charge in [-0.2, -0.15) is 18.4 Å². The van der Waals surface area contributed by atoms with E-state index in [0.717, 1.165) is 23.3 Å². The Morgan fingerprint density at radius 2 is 1.83 bits per heavy atom. The topological polar surface area (TPSA) is 66.0 Å². The van der Waals surface area contributed by atoms with Gasteiger partial charge >= 0.3 is 6.18 Å². The van der Waals surface area contributed by atoms with Gasteiger partial charge in [-0.15, -0.1) is 0 Å². The molecule has 1 amide bonds. The summed E-state index contributed by atoms with van der Waals surface area (Å²) in [5.41, 5.74) is 0.324. The second-order valence-electron chi connectivity index (χ2n) is 6.38. The Hall–Kier alpha value is -3.50. The summed E-state index contributed by atoms with van der Waals surface area (Å²) < 4.78 is 44.3. The number of carbonyl (C=O) groups excluding carboxylic acids is 1. The van der Waals surface area contributed by atoms with Crippen LogP contribution in [0.25, 0.3) is 17.4 Å². The normalized spacial score (nSPS) is 11.8. The number of benzene rings is 2. The van der Waals surface area contributed by atoms with Crippen molar-refractivity contribution in [2.75, 3.05) is 5.32 Å². The van der Waals surface area contributed by atoms with Gasteiger partial charge in [0.15, 0.2) is 0 Å². The van der Waals surface area contributed by atoms with Crippen molar-refractivity contribution in [3.63, 3.8) is 0 Å². The van der Waals surface area contributed by atoms with Crippen molar-refractivity contribution in [3.05, 3.63) is 82.1 Å². The molecule has 0 fully saturated rings. The second-order valence-corrected chi connectivity index (χ2v) is 6.79. The van der Waals surface area contributed by atoms with Crippen LogP contribution < -0.4 is 5.32 Å². The Labute approximate surface area is 175 Å². The SMILES string of the molecule is Cc1ccc(-c2ccc(/C=C(\C#N)C(=O)Nc3cc(C(F)(F)F)ccc3Cl)o2)cc1. The van der Waals surface area contributed by atoms with Crippen LogP contribution in [0.1, 0.15) is 16.9 Å². The van der Waals surface area contributed by atoms with Crippen LogP contribution in [0, 0.1) is 18.3 Å². The summed E-state index contributed by atoms with van der Waals surface area (Å²) in [5.74, 6) is -0.126. The first-order chi connectivity index (χ1) is 14.2. The Balaban J connectivity index is 1.83. The summed E-state index contributed by atoms with van der Waals surface area (Å²) in [7, 11) is 0. The maximum absolute atomic E-state index is 12.9. The number of rotatable bonds is 4. The highest BCUT2D eigenvalue weighted by molar-refractivity contribution is 6.34. The van der Waals surface area contributed by atoms with E-state index in [4.69, 9.17) is 16.0 Å². The number of furan rings is 1. The van der Waals surface area contributed by atoms with Crippen molar-refractivity contribution < 1.29 is 22.4 Å². The lowest BCUT2D eigenvalue weighted by Gasteiger charge is -2.11. The van der Waals surface area contributed by atoms with Crippen molar-refractivity contribution in [2.24, 2.45) is 0 Å². The van der Waals surface area contributed by atoms with E-state index in [1.807, 2.05) is 31.2 Å². The summed E-state index contributed by atoms with van der Waals surface area (Å²) >= 11 is 5.88. The van der Waals surface area contributed by atoms with Crippen molar-refractivity contribution in [3.8, 4) is 17.4 Å². The Bertz CT molecular complexity index is 1160. The molecule has 30 heavy (non-hydrogen) atoms. The fraction of sp³-hybridized carbons (Fsp3) is 0.0909. The Morgan fingerprint density at radius 3 is 2.47 bits per heavy atom. The standard InChI is InChI=1S/C22H14ClF3N2O2/c1-13-2-4-14(5-3-13)20-9-7-17(30-20)10-15(12-27)21(29)28-19-11-16(22(24,25)26)6-8-18(19)23/h2-11H,1H3,(H,28,29)/b15-10+. The molecule has 3 aromatic rings. The van der Waals surface area contributed by atoms with Gasteiger partial charge in [0.2, 0.25) is 0 Å². The molecule has 0 aliphatic rings. The molecule has 0 aliphatic carbocycles. The molecule has 0 saturated heterocycles. The van der Waals surface area contributed by atoms with Crippen LogP contribution in [-0.4, -0.2) is 5.91 Å². The number of carbonyl (C=O) groups is 1. The number of amides is 1. The van der Waals surface area contributed by atoms with E-state index in [-0.39, 0.29) is 22.0 Å². The van der Waals surface area contributed by atoms with Crippen molar-refractivity contribution in [1.82, 2.24) is 0 Å². The average Bonchev–Trinajstić information content (AvgIpc) is 3.16. The third-order valence-electron chi connectivity index (χ3n) is 4.16. The van der Waals surface area contributed by atoms with E-state index in [1.54, 1.807) is 18.2 Å². The first kappa shape index (κ1) is 21.2. The molecule has 0 radical (unpaired) electrons. The lowest BCUT2D eigenvalue weighted by molar-refractivity contribution is -0.137. The average molecular weight is 431 g/mol. The maximum Gasteiger partial charge on any atom is 0.416 e. The molecule has 1 N–H and O–H groups in total. The molecule has 4 nitrogen and oxygen atoms in total. The number of nitrogens with zero attached hydrogens (tertiary/aromatic N) is 1. The van der Waals surface area contributed by atoms with E-state index in [9.17, 15) is 23.2 Å². The molecule has 0 atom stereocenters. The lowest BCUT2D eigenvalue weighted by atomic mass is 10.1. The molecular formula is C22H14ClF3N2O2. The van der Waals surface area contributed by atoms with Crippen molar-refractivity contribution in [1.29, 1.82) is 5.26 Å². The summed E-state index contributed by atoms with van der Waals surface area (Å²) in [5, 5.41) is 11.5. The quantitative estimate of drug-likeness (QED) is 0.381. The molecule has 0 aliphatic heterocycles. The highest BCUT2D eigenvalue weighted by Crippen LogP contribution is 2.34. The van der Waals surface area contributed by atoms with Crippen LogP contribution in [0.3, 0.4) is 0 Å². The van der Waals surface area contributed by atoms with Crippen molar-refractivity contribution >= 4 is 29.3 Å². The second kappa shape index (κ2) is 8.47. The number of anilines is 1. The summed E-state index contributed by atoms with van der Waals surface area (Å²) in [6, 6.07) is 15.1. The third kappa shape index (κ3) is 4.91. The predicted molar refractivity (Wildman–Crippen MR) is 108 cm³/mol. The molecule has 3 rings (SSSR count). The molecule has 2 aromatic carbocycles. The zero-order valence-electron chi connectivity index (χ0n) is 15.5. The van der Waals surface area contributed by atoms with E-state index < -0.39 is 17.6 Å². The third-order valence-corrected chi connectivity index (χ3v) is 4.49. The van der Waals surface area contributed by atoms with Crippen LogP contribution in [0.2, 0.25) is 5.02 Å². The molecular weight excluding hydrogens is 417 g/mol. The molecule has 0 spiro atoms. The highest BCUT2D eigenvalue weighted by atomic mass is 35.5. The Kier molecular flexibility index (Phi) is 5.99. The van der Waals surface area contributed by atoms with Crippen LogP contribution in [0.15, 0.2) is 64.6 Å². The molecule has 8 heteroatoms. The number of alkyl halides is 3. The molecule has 0 unspecified atom stereocenters. The van der Waals surface area contributed by atoms with Gasteiger partial charge in [-0.3, -0.25) is 4.79 Å². The van der Waals surface area contributed by atoms with E-state index >= 15 is 0 Å². The number of hydrogen-bond donors (Lipinski definition) is 1. The minimum atomic E-state index is -4.60. The number of hydrogen-bond acceptors (Lipinski definition) is 3. The van der Waals surface area contributed by atoms with E-state index in [2.05, 4.69) is 5.32 Å². The van der Waals surface area contributed by atoms with E-state index in [0.29, 0.717) is 11.8 Å². The number of nitrogens with one attached hydrogen (secondary N) is 1. The van der Waals surface area contributed by atoms with Crippen LogP contribution >= 0.6 is 11.6 Å². The summed E-state index contributed by atoms with van der Waals surface area (Å²) in [6.45, 7) is 1.95. The van der Waals surface area contributed by atoms with Gasteiger partial charge in [0.05, 0.1) is 16.3 Å². The summed E-state index contributed by atoms with van der Waals surface area (Å²) in [6.07, 6.45) is -3.40. The van der Waals surface area contributed by atoms with Crippen LogP contribution in [0.5, 0.6) is 0 Å². The fourth-order valence-corrected chi connectivity index (χ4v) is 2.75. The lowest BCUT2D eigenvalue weighted by Crippen LogP contribution is -2.15. The van der Waals surface area contributed by atoms with Crippen molar-refractivity contribution in [2.45, 2.75) is 13.1 Å². The van der Waals surface area contributed by atoms with Gasteiger partial charge < -0.3 is 9.73 Å². The highest BCUT2D eigenvalue weighted by Gasteiger charge is 2.31. The minimum absolute atomic E-state index is 0.0895. The first-order valence-corrected chi connectivity index (χ1v) is 9.02. The van der Waals surface area contributed by atoms with Gasteiger partial charge in [-0.25, -0.2) is 0 Å². The zero-order chi connectivity index (χ0) is 21.9. The van der Waals surface area contributed by atoms with E-state index in [1.165, 1.54) is 6.08 Å². The zero-order valence-corrected chi connectivity index (χ0v) is 16.3. The number of nitriles is 1. The van der Waals surface area contributed by atoms with Crippen LogP contribution in [0.4, 0.5) is 18.9 Å². The number of halogens is 4. The molecule has 1 aromatic heterocycles. The predicted octanol–water partition coefficient (Wildman–Crippen LogP) is 6.47. The monoisotopic (exact) mass is 430 g/mol. The van der Waals surface area contributed by atoms with Crippen LogP contribution in [-0.2, 0) is 11.0 Å². The Morgan fingerprint density at radius 1 is 1.13 bits per heavy atom. The first-order valence-electron chi connectivity index (χ1n) is 8.64. The van der Waals surface area contributed by atoms with Gasteiger partial charge in [0.25, 0.3) is 5.91 Å². The molecule has 1 heterocycles. The largest absolute Gasteiger partial charge is 0.457 e. The molecule has 0 bridgehead atoms.